The minimum Gasteiger partial charge on any atom is -0.213 e. The molecular formula is C16H24FeSi. The summed E-state index contributed by atoms with van der Waals surface area (Å²) in [7, 11) is -0.813. The molecule has 0 amide bonds. The zero-order chi connectivity index (χ0) is 12.7. The second-order valence-corrected chi connectivity index (χ2v) is 11.4. The Hall–Kier alpha value is -0.564. The van der Waals surface area contributed by atoms with Crippen LogP contribution in [0.2, 0.25) is 25.7 Å². The van der Waals surface area contributed by atoms with Crippen molar-refractivity contribution < 1.29 is 17.1 Å². The smallest absolute Gasteiger partial charge is 0.213 e. The molecule has 0 nitrogen and oxygen atoms in total. The fraction of sp³-hybridized carbons (Fsp3) is 0.375. The van der Waals surface area contributed by atoms with E-state index in [9.17, 15) is 0 Å². The van der Waals surface area contributed by atoms with Crippen LogP contribution in [0.4, 0.5) is 0 Å². The molecule has 0 bridgehead atoms. The van der Waals surface area contributed by atoms with Gasteiger partial charge in [0, 0.05) is 8.07 Å². The molecular weight excluding hydrogens is 276 g/mol. The van der Waals surface area contributed by atoms with Gasteiger partial charge in [-0.05, 0) is 0 Å². The van der Waals surface area contributed by atoms with E-state index < -0.39 is 8.07 Å². The molecule has 0 heterocycles. The first-order chi connectivity index (χ1) is 7.97. The van der Waals surface area contributed by atoms with Gasteiger partial charge in [0.25, 0.3) is 0 Å². The monoisotopic (exact) mass is 300 g/mol. The molecule has 0 fully saturated rings. The molecule has 0 saturated carbocycles. The van der Waals surface area contributed by atoms with Gasteiger partial charge in [-0.3, -0.25) is 0 Å². The summed E-state index contributed by atoms with van der Waals surface area (Å²) in [6, 6.07) is 18.3. The van der Waals surface area contributed by atoms with Crippen LogP contribution in [0.25, 0.3) is 0 Å². The molecule has 2 aromatic rings. The molecule has 0 aliphatic carbocycles. The summed E-state index contributed by atoms with van der Waals surface area (Å²) in [5.41, 5.74) is 2.85. The molecule has 0 saturated heterocycles. The van der Waals surface area contributed by atoms with Gasteiger partial charge in [0.05, 0.1) is 0 Å². The third-order valence-corrected chi connectivity index (χ3v) is 4.47. The van der Waals surface area contributed by atoms with Crippen LogP contribution >= 0.6 is 0 Å². The quantitative estimate of drug-likeness (QED) is 0.553. The van der Waals surface area contributed by atoms with Crippen LogP contribution in [0.5, 0.6) is 0 Å². The third kappa shape index (κ3) is 8.52. The topological polar surface area (TPSA) is 0 Å². The largest absolute Gasteiger partial charge is 2.00 e. The van der Waals surface area contributed by atoms with Crippen molar-refractivity contribution in [3.63, 3.8) is 0 Å². The minimum absolute atomic E-state index is 0. The van der Waals surface area contributed by atoms with Gasteiger partial charge in [-0.1, -0.05) is 39.0 Å². The molecule has 0 aliphatic heterocycles. The van der Waals surface area contributed by atoms with Crippen molar-refractivity contribution in [2.75, 3.05) is 0 Å². The molecule has 2 heteroatoms. The third-order valence-electron chi connectivity index (χ3n) is 2.72. The van der Waals surface area contributed by atoms with Crippen molar-refractivity contribution >= 4 is 8.07 Å². The van der Waals surface area contributed by atoms with Crippen LogP contribution < -0.4 is 0 Å². The first-order valence-corrected chi connectivity index (χ1v) is 10.1. The van der Waals surface area contributed by atoms with Gasteiger partial charge in [0.1, 0.15) is 0 Å². The molecule has 0 spiro atoms. The Morgan fingerprint density at radius 1 is 1.00 bits per heavy atom. The number of rotatable bonds is 3. The normalized spacial score (nSPS) is 10.2. The fourth-order valence-electron chi connectivity index (χ4n) is 1.57. The van der Waals surface area contributed by atoms with Gasteiger partial charge in [-0.25, -0.2) is 24.3 Å². The molecule has 100 valence electrons. The predicted octanol–water partition coefficient (Wildman–Crippen LogP) is 5.00. The van der Waals surface area contributed by atoms with Crippen LogP contribution in [-0.4, -0.2) is 8.07 Å². The van der Waals surface area contributed by atoms with Crippen LogP contribution in [0, 0.1) is 6.92 Å². The van der Waals surface area contributed by atoms with Gasteiger partial charge in [-0.2, -0.15) is 35.4 Å². The molecule has 2 aromatic carbocycles. The first-order valence-electron chi connectivity index (χ1n) is 6.36. The van der Waals surface area contributed by atoms with Crippen molar-refractivity contribution in [3.8, 4) is 0 Å². The number of hydrogen-bond acceptors (Lipinski definition) is 0. The molecule has 0 N–H and O–H groups in total. The Kier molecular flexibility index (Phi) is 8.26. The Labute approximate surface area is 124 Å². The molecule has 0 radical (unpaired) electrons. The summed E-state index contributed by atoms with van der Waals surface area (Å²) in [6.07, 6.45) is 1.28. The van der Waals surface area contributed by atoms with E-state index in [0.717, 1.165) is 0 Å². The van der Waals surface area contributed by atoms with Crippen molar-refractivity contribution in [2.24, 2.45) is 0 Å². The van der Waals surface area contributed by atoms with E-state index >= 15 is 0 Å². The van der Waals surface area contributed by atoms with Crippen molar-refractivity contribution in [3.05, 3.63) is 59.7 Å². The van der Waals surface area contributed by atoms with Gasteiger partial charge >= 0.3 is 17.1 Å². The van der Waals surface area contributed by atoms with E-state index in [1.165, 1.54) is 23.6 Å². The van der Waals surface area contributed by atoms with E-state index in [-0.39, 0.29) is 17.1 Å². The summed E-state index contributed by atoms with van der Waals surface area (Å²) in [5, 5.41) is 0. The maximum absolute atomic E-state index is 2.43. The van der Waals surface area contributed by atoms with Crippen LogP contribution in [-0.2, 0) is 23.5 Å². The Morgan fingerprint density at radius 3 is 1.94 bits per heavy atom. The zero-order valence-electron chi connectivity index (χ0n) is 11.9. The standard InChI is InChI=1S/C10H17Si.C6H7.Fe/c1-11(2,3)9-8-10-6-4-5-7-10;1-6-4-2-3-5-6;/h4-7H,8-9H2,1-3H3;2-5H,1H3;/q2*-1;+2. The summed E-state index contributed by atoms with van der Waals surface area (Å²) in [4.78, 5) is 0. The Morgan fingerprint density at radius 2 is 1.61 bits per heavy atom. The number of hydrogen-bond donors (Lipinski definition) is 0. The molecule has 0 aliphatic rings. The van der Waals surface area contributed by atoms with E-state index in [4.69, 9.17) is 0 Å². The van der Waals surface area contributed by atoms with E-state index in [2.05, 4.69) is 63.0 Å². The van der Waals surface area contributed by atoms with E-state index in [1.807, 2.05) is 12.1 Å². The van der Waals surface area contributed by atoms with Gasteiger partial charge < -0.3 is 0 Å². The molecule has 18 heavy (non-hydrogen) atoms. The van der Waals surface area contributed by atoms with Crippen LogP contribution in [0.1, 0.15) is 11.1 Å². The molecule has 0 atom stereocenters. The summed E-state index contributed by atoms with van der Waals surface area (Å²) in [5.74, 6) is 0. The van der Waals surface area contributed by atoms with Crippen molar-refractivity contribution in [1.82, 2.24) is 0 Å². The Balaban J connectivity index is 0.000000352. The fourth-order valence-corrected chi connectivity index (χ4v) is 2.61. The maximum atomic E-state index is 2.43. The van der Waals surface area contributed by atoms with Gasteiger partial charge in [0.2, 0.25) is 0 Å². The van der Waals surface area contributed by atoms with E-state index in [1.54, 1.807) is 0 Å². The SMILES string of the molecule is C[Si](C)(C)CCc1ccc[cH-]1.Cc1ccc[cH-]1.[Fe+2]. The maximum Gasteiger partial charge on any atom is 2.00 e. The van der Waals surface area contributed by atoms with Gasteiger partial charge in [0.15, 0.2) is 0 Å². The van der Waals surface area contributed by atoms with Crippen LogP contribution in [0.15, 0.2) is 48.5 Å². The molecule has 0 aromatic heterocycles. The second kappa shape index (κ2) is 8.52. The molecule has 2 rings (SSSR count). The van der Waals surface area contributed by atoms with Crippen molar-refractivity contribution in [2.45, 2.75) is 39.0 Å². The summed E-state index contributed by atoms with van der Waals surface area (Å²) >= 11 is 0. The second-order valence-electron chi connectivity index (χ2n) is 5.82. The predicted molar refractivity (Wildman–Crippen MR) is 80.7 cm³/mol. The summed E-state index contributed by atoms with van der Waals surface area (Å²) < 4.78 is 0. The first kappa shape index (κ1) is 17.4. The van der Waals surface area contributed by atoms with E-state index in [0.29, 0.717) is 0 Å². The Bertz CT molecular complexity index is 379. The van der Waals surface area contributed by atoms with Gasteiger partial charge in [-0.15, -0.1) is 0 Å². The minimum atomic E-state index is -0.813. The van der Waals surface area contributed by atoms with Crippen LogP contribution in [0.3, 0.4) is 0 Å². The molecule has 0 unspecified atom stereocenters. The average Bonchev–Trinajstić information content (AvgIpc) is 2.86. The summed E-state index contributed by atoms with van der Waals surface area (Å²) in [6.45, 7) is 9.36. The van der Waals surface area contributed by atoms with Crippen molar-refractivity contribution in [1.29, 1.82) is 0 Å². The number of aryl methyl sites for hydroxylation is 2. The average molecular weight is 300 g/mol. The zero-order valence-corrected chi connectivity index (χ0v) is 14.0.